The van der Waals surface area contributed by atoms with Crippen LogP contribution in [-0.2, 0) is 19.4 Å². The highest BCUT2D eigenvalue weighted by Gasteiger charge is 2.30. The van der Waals surface area contributed by atoms with Crippen molar-refractivity contribution in [2.75, 3.05) is 18.5 Å². The average molecular weight is 507 g/mol. The van der Waals surface area contributed by atoms with Gasteiger partial charge in [-0.05, 0) is 60.1 Å². The third-order valence-electron chi connectivity index (χ3n) is 7.40. The molecule has 0 radical (unpaired) electrons. The molecule has 2 aromatic carbocycles. The summed E-state index contributed by atoms with van der Waals surface area (Å²) < 4.78 is 0. The molecule has 0 spiro atoms. The van der Waals surface area contributed by atoms with Crippen LogP contribution >= 0.6 is 0 Å². The molecule has 1 fully saturated rings. The molecule has 1 saturated carbocycles. The Morgan fingerprint density at radius 1 is 1.21 bits per heavy atom. The number of fused-ring (bicyclic) bond motifs is 2. The summed E-state index contributed by atoms with van der Waals surface area (Å²) in [6, 6.07) is 14.0. The van der Waals surface area contributed by atoms with Crippen molar-refractivity contribution >= 4 is 29.0 Å². The van der Waals surface area contributed by atoms with Gasteiger partial charge in [0.05, 0.1) is 17.8 Å². The van der Waals surface area contributed by atoms with E-state index in [1.165, 1.54) is 18.4 Å². The molecule has 1 aliphatic carbocycles. The van der Waals surface area contributed by atoms with E-state index in [1.807, 2.05) is 37.4 Å². The van der Waals surface area contributed by atoms with Gasteiger partial charge < -0.3 is 15.0 Å². The number of aliphatic hydroxyl groups is 1. The summed E-state index contributed by atoms with van der Waals surface area (Å²) in [5, 5.41) is 16.4. The Hall–Kier alpha value is -4.30. The minimum absolute atomic E-state index is 0.0204. The van der Waals surface area contributed by atoms with Gasteiger partial charge in [0, 0.05) is 55.3 Å². The summed E-state index contributed by atoms with van der Waals surface area (Å²) in [5.41, 5.74) is 7.75. The molecule has 1 aliphatic heterocycles. The van der Waals surface area contributed by atoms with Crippen LogP contribution in [0.15, 0.2) is 66.5 Å². The van der Waals surface area contributed by atoms with Gasteiger partial charge in [-0.1, -0.05) is 30.8 Å². The Kier molecular flexibility index (Phi) is 6.25. The number of anilines is 1. The molecule has 0 saturated heterocycles. The molecule has 192 valence electrons. The highest BCUT2D eigenvalue weighted by Crippen LogP contribution is 2.41. The Morgan fingerprint density at radius 2 is 2.08 bits per heavy atom. The van der Waals surface area contributed by atoms with Crippen LogP contribution in [0.3, 0.4) is 0 Å². The standard InChI is InChI=1S/C30H30N6O2/c1-3-35(2)32-15-12-27-33-28-24(11-14-31-29(28)34-27)23-5-4-6-26(25(23)18-37)36-16-13-21-17-20(19-7-8-19)9-10-22(21)30(36)38/h3-6,9-11,14-15,17,19,37H,1,7-8,12-13,16,18H2,2H3,(H,31,33,34)/b32-15-. The van der Waals surface area contributed by atoms with Crippen LogP contribution in [0.5, 0.6) is 0 Å². The number of H-pyrrole nitrogens is 1. The first kappa shape index (κ1) is 24.1. The van der Waals surface area contributed by atoms with E-state index < -0.39 is 0 Å². The maximum Gasteiger partial charge on any atom is 0.258 e. The summed E-state index contributed by atoms with van der Waals surface area (Å²) in [6.07, 6.45) is 8.88. The van der Waals surface area contributed by atoms with Crippen molar-refractivity contribution in [1.82, 2.24) is 20.0 Å². The van der Waals surface area contributed by atoms with Crippen molar-refractivity contribution in [2.45, 2.75) is 38.2 Å². The SMILES string of the molecule is C=CN(C)/N=C\Cc1nc2nccc(-c3cccc(N4CCc5cc(C6CC6)ccc5C4=O)c3CO)c2[nH]1. The maximum atomic E-state index is 13.6. The predicted molar refractivity (Wildman–Crippen MR) is 149 cm³/mol. The molecule has 3 heterocycles. The topological polar surface area (TPSA) is 97.7 Å². The predicted octanol–water partition coefficient (Wildman–Crippen LogP) is 4.80. The number of amides is 1. The molecule has 2 aliphatic rings. The molecular formula is C30H30N6O2. The van der Waals surface area contributed by atoms with E-state index in [2.05, 4.69) is 38.8 Å². The molecule has 0 atom stereocenters. The van der Waals surface area contributed by atoms with Gasteiger partial charge in [0.2, 0.25) is 0 Å². The number of carbonyl (C=O) groups is 1. The van der Waals surface area contributed by atoms with Crippen LogP contribution in [0.4, 0.5) is 5.69 Å². The van der Waals surface area contributed by atoms with Crippen LogP contribution in [-0.4, -0.2) is 50.8 Å². The number of benzene rings is 2. The zero-order valence-corrected chi connectivity index (χ0v) is 21.4. The third-order valence-corrected chi connectivity index (χ3v) is 7.40. The number of aliphatic hydroxyl groups excluding tert-OH is 1. The molecule has 0 bridgehead atoms. The number of nitrogens with one attached hydrogen (secondary N) is 1. The lowest BCUT2D eigenvalue weighted by molar-refractivity contribution is 0.0980. The highest BCUT2D eigenvalue weighted by molar-refractivity contribution is 6.09. The van der Waals surface area contributed by atoms with Gasteiger partial charge in [-0.15, -0.1) is 0 Å². The van der Waals surface area contributed by atoms with Gasteiger partial charge in [0.15, 0.2) is 5.65 Å². The van der Waals surface area contributed by atoms with Crippen molar-refractivity contribution in [3.8, 4) is 11.1 Å². The van der Waals surface area contributed by atoms with Crippen LogP contribution in [0.2, 0.25) is 0 Å². The highest BCUT2D eigenvalue weighted by atomic mass is 16.3. The Morgan fingerprint density at radius 3 is 2.87 bits per heavy atom. The van der Waals surface area contributed by atoms with Crippen molar-refractivity contribution in [1.29, 1.82) is 0 Å². The molecule has 8 nitrogen and oxygen atoms in total. The lowest BCUT2D eigenvalue weighted by Gasteiger charge is -2.31. The number of hydrazone groups is 1. The van der Waals surface area contributed by atoms with Crippen LogP contribution in [0, 0.1) is 0 Å². The molecule has 2 aromatic heterocycles. The second-order valence-corrected chi connectivity index (χ2v) is 9.86. The van der Waals surface area contributed by atoms with E-state index in [1.54, 1.807) is 28.5 Å². The van der Waals surface area contributed by atoms with Crippen molar-refractivity contribution < 1.29 is 9.90 Å². The Labute approximate surface area is 221 Å². The fraction of sp³-hybridized carbons (Fsp3) is 0.267. The van der Waals surface area contributed by atoms with E-state index in [-0.39, 0.29) is 12.5 Å². The second-order valence-electron chi connectivity index (χ2n) is 9.86. The number of carbonyl (C=O) groups excluding carboxylic acids is 1. The van der Waals surface area contributed by atoms with Gasteiger partial charge in [0.1, 0.15) is 5.82 Å². The molecule has 8 heteroatoms. The molecule has 6 rings (SSSR count). The number of pyridine rings is 1. The quantitative estimate of drug-likeness (QED) is 0.264. The molecule has 4 aromatic rings. The van der Waals surface area contributed by atoms with E-state index in [0.29, 0.717) is 30.1 Å². The van der Waals surface area contributed by atoms with E-state index in [9.17, 15) is 9.90 Å². The third kappa shape index (κ3) is 4.37. The largest absolute Gasteiger partial charge is 0.392 e. The number of hydrogen-bond acceptors (Lipinski definition) is 6. The van der Waals surface area contributed by atoms with Gasteiger partial charge in [-0.2, -0.15) is 5.10 Å². The van der Waals surface area contributed by atoms with Crippen LogP contribution in [0.25, 0.3) is 22.3 Å². The first-order chi connectivity index (χ1) is 18.6. The summed E-state index contributed by atoms with van der Waals surface area (Å²) in [7, 11) is 1.81. The van der Waals surface area contributed by atoms with Gasteiger partial charge >= 0.3 is 0 Å². The summed E-state index contributed by atoms with van der Waals surface area (Å²) in [4.78, 5) is 27.8. The molecular weight excluding hydrogens is 476 g/mol. The van der Waals surface area contributed by atoms with Gasteiger partial charge in [-0.3, -0.25) is 9.80 Å². The van der Waals surface area contributed by atoms with Crippen molar-refractivity contribution in [3.05, 3.63) is 89.5 Å². The summed E-state index contributed by atoms with van der Waals surface area (Å²) in [5.74, 6) is 1.37. The smallest absolute Gasteiger partial charge is 0.258 e. The first-order valence-electron chi connectivity index (χ1n) is 13.0. The van der Waals surface area contributed by atoms with Crippen molar-refractivity contribution in [2.24, 2.45) is 5.10 Å². The number of rotatable bonds is 8. The minimum Gasteiger partial charge on any atom is -0.392 e. The van der Waals surface area contributed by atoms with Crippen LogP contribution in [0.1, 0.15) is 51.6 Å². The number of hydrogen-bond donors (Lipinski definition) is 2. The summed E-state index contributed by atoms with van der Waals surface area (Å²) in [6.45, 7) is 4.06. The second kappa shape index (κ2) is 9.87. The average Bonchev–Trinajstić information content (AvgIpc) is 3.71. The maximum absolute atomic E-state index is 13.6. The Bertz CT molecular complexity index is 1570. The Balaban J connectivity index is 1.35. The van der Waals surface area contributed by atoms with Crippen LogP contribution < -0.4 is 4.90 Å². The fourth-order valence-electron chi connectivity index (χ4n) is 5.24. The lowest BCUT2D eigenvalue weighted by atomic mass is 9.93. The monoisotopic (exact) mass is 506 g/mol. The van der Waals surface area contributed by atoms with E-state index >= 15 is 0 Å². The molecule has 38 heavy (non-hydrogen) atoms. The number of aromatic nitrogens is 3. The zero-order chi connectivity index (χ0) is 26.2. The first-order valence-corrected chi connectivity index (χ1v) is 13.0. The van der Waals surface area contributed by atoms with E-state index in [0.717, 1.165) is 45.7 Å². The molecule has 0 unspecified atom stereocenters. The minimum atomic E-state index is -0.200. The lowest BCUT2D eigenvalue weighted by Crippen LogP contribution is -2.38. The van der Waals surface area contributed by atoms with Gasteiger partial charge in [-0.25, -0.2) is 9.97 Å². The number of aromatic amines is 1. The number of nitrogens with zero attached hydrogens (tertiary/aromatic N) is 5. The number of imidazole rings is 1. The molecule has 1 amide bonds. The van der Waals surface area contributed by atoms with Crippen molar-refractivity contribution in [3.63, 3.8) is 0 Å². The normalized spacial score (nSPS) is 15.3. The fourth-order valence-corrected chi connectivity index (χ4v) is 5.24. The van der Waals surface area contributed by atoms with Gasteiger partial charge in [0.25, 0.3) is 5.91 Å². The molecule has 2 N–H and O–H groups in total. The zero-order valence-electron chi connectivity index (χ0n) is 21.4. The summed E-state index contributed by atoms with van der Waals surface area (Å²) >= 11 is 0. The van der Waals surface area contributed by atoms with E-state index in [4.69, 9.17) is 0 Å².